The summed E-state index contributed by atoms with van der Waals surface area (Å²) in [5, 5.41) is 4.52. The van der Waals surface area contributed by atoms with Crippen molar-refractivity contribution in [3.63, 3.8) is 0 Å². The molecule has 4 heteroatoms. The van der Waals surface area contributed by atoms with Crippen LogP contribution in [0.2, 0.25) is 0 Å². The average Bonchev–Trinajstić information content (AvgIpc) is 3.93. The monoisotopic (exact) mass is 897 g/mol. The molecule has 0 fully saturated rings. The summed E-state index contributed by atoms with van der Waals surface area (Å²) in [4.78, 5) is 9.20. The SMILES string of the molecule is C=NC(=N/C(=C\C)c1cccc2c1oc1ccc(-n3c4ccccc4c4cc(-c5ccc(C)c(-c6ccccc6C)c5)ccc43)cc12)c1ccccc1.C\C=C/C=C\C=C\CC.Cc1ccccc1. The molecular formula is C65H59N3O. The second-order valence-corrected chi connectivity index (χ2v) is 16.9. The van der Waals surface area contributed by atoms with E-state index in [2.05, 4.69) is 190 Å². The molecule has 2 aromatic heterocycles. The molecule has 0 atom stereocenters. The van der Waals surface area contributed by atoms with E-state index >= 15 is 0 Å². The molecule has 0 aliphatic carbocycles. The second-order valence-electron chi connectivity index (χ2n) is 16.9. The third-order valence-corrected chi connectivity index (χ3v) is 12.2. The van der Waals surface area contributed by atoms with E-state index in [9.17, 15) is 0 Å². The minimum Gasteiger partial charge on any atom is -0.455 e. The van der Waals surface area contributed by atoms with Gasteiger partial charge in [-0.2, -0.15) is 0 Å². The van der Waals surface area contributed by atoms with Gasteiger partial charge >= 0.3 is 0 Å². The number of para-hydroxylation sites is 2. The van der Waals surface area contributed by atoms with E-state index in [1.54, 1.807) is 0 Å². The molecule has 0 N–H and O–H groups in total. The van der Waals surface area contributed by atoms with Crippen molar-refractivity contribution in [3.05, 3.63) is 252 Å². The standard InChI is InChI=1S/C49H37N3O.C9H14.C7H8/c1-5-44(51-49(50-4)33-15-7-6-8-16-33)40-20-13-19-39-43-30-36(25-27-47(43)53-48(39)40)52-45-21-12-11-18-38(45)42-29-35(24-26-46(42)52)34-23-22-32(3)41(28-34)37-17-10-9-14-31(37)2;1-3-5-7-9-8-6-4-2;1-7-5-3-2-4-6-7/h5-30H,4H2,1-3H3;3,5-9H,4H2,1-2H3;2-6H,1H3/b44-5-,51-49?;5-3-,8-6+,9-7-;. The summed E-state index contributed by atoms with van der Waals surface area (Å²) in [6.07, 6.45) is 15.4. The van der Waals surface area contributed by atoms with Crippen LogP contribution in [0, 0.1) is 20.8 Å². The first kappa shape index (κ1) is 47.2. The van der Waals surface area contributed by atoms with Crippen molar-refractivity contribution < 1.29 is 4.42 Å². The van der Waals surface area contributed by atoms with Gasteiger partial charge < -0.3 is 8.98 Å². The Kier molecular flexibility index (Phi) is 15.3. The van der Waals surface area contributed by atoms with Gasteiger partial charge in [-0.15, -0.1) is 0 Å². The van der Waals surface area contributed by atoms with Crippen LogP contribution in [0.4, 0.5) is 0 Å². The number of amidine groups is 1. The van der Waals surface area contributed by atoms with Crippen molar-refractivity contribution in [2.75, 3.05) is 0 Å². The van der Waals surface area contributed by atoms with E-state index in [4.69, 9.17) is 9.41 Å². The predicted molar refractivity (Wildman–Crippen MR) is 299 cm³/mol. The maximum absolute atomic E-state index is 6.59. The van der Waals surface area contributed by atoms with Crippen LogP contribution in [-0.2, 0) is 0 Å². The molecule has 4 nitrogen and oxygen atoms in total. The van der Waals surface area contributed by atoms with E-state index < -0.39 is 0 Å². The zero-order chi connectivity index (χ0) is 48.1. The molecular weight excluding hydrogens is 839 g/mol. The molecule has 0 radical (unpaired) electrons. The number of furan rings is 1. The molecule has 8 aromatic carbocycles. The predicted octanol–water partition coefficient (Wildman–Crippen LogP) is 18.2. The van der Waals surface area contributed by atoms with Gasteiger partial charge in [0, 0.05) is 38.4 Å². The molecule has 0 saturated heterocycles. The first-order valence-electron chi connectivity index (χ1n) is 23.7. The first-order chi connectivity index (χ1) is 33.8. The van der Waals surface area contributed by atoms with E-state index in [-0.39, 0.29) is 0 Å². The molecule has 2 heterocycles. The largest absolute Gasteiger partial charge is 0.455 e. The quantitative estimate of drug-likeness (QED) is 0.0808. The Morgan fingerprint density at radius 3 is 1.96 bits per heavy atom. The van der Waals surface area contributed by atoms with Crippen molar-refractivity contribution in [2.24, 2.45) is 9.98 Å². The minimum absolute atomic E-state index is 0.567. The van der Waals surface area contributed by atoms with Gasteiger partial charge in [-0.05, 0) is 130 Å². The third-order valence-electron chi connectivity index (χ3n) is 12.2. The average molecular weight is 898 g/mol. The molecule has 340 valence electrons. The molecule has 0 aliphatic rings. The number of hydrogen-bond acceptors (Lipinski definition) is 2. The van der Waals surface area contributed by atoms with E-state index in [0.717, 1.165) is 61.9 Å². The summed E-state index contributed by atoms with van der Waals surface area (Å²) in [5.74, 6) is 0.567. The Morgan fingerprint density at radius 2 is 1.23 bits per heavy atom. The fourth-order valence-electron chi connectivity index (χ4n) is 8.69. The Hall–Kier alpha value is -8.34. The van der Waals surface area contributed by atoms with Crippen LogP contribution in [0.25, 0.3) is 77.4 Å². The van der Waals surface area contributed by atoms with Gasteiger partial charge in [-0.1, -0.05) is 188 Å². The van der Waals surface area contributed by atoms with Crippen molar-refractivity contribution in [1.29, 1.82) is 0 Å². The van der Waals surface area contributed by atoms with E-state index in [0.29, 0.717) is 5.84 Å². The van der Waals surface area contributed by atoms with Gasteiger partial charge in [0.2, 0.25) is 0 Å². The van der Waals surface area contributed by atoms with Crippen molar-refractivity contribution in [1.82, 2.24) is 4.57 Å². The molecule has 0 saturated carbocycles. The smallest absolute Gasteiger partial charge is 0.159 e. The topological polar surface area (TPSA) is 42.8 Å². The zero-order valence-electron chi connectivity index (χ0n) is 40.5. The molecule has 10 rings (SSSR count). The number of rotatable bonds is 9. The summed E-state index contributed by atoms with van der Waals surface area (Å²) < 4.78 is 8.96. The lowest BCUT2D eigenvalue weighted by atomic mass is 9.92. The normalized spacial score (nSPS) is 12.0. The highest BCUT2D eigenvalue weighted by Crippen LogP contribution is 2.40. The molecule has 69 heavy (non-hydrogen) atoms. The number of nitrogens with zero attached hydrogens (tertiary/aromatic N) is 3. The maximum atomic E-state index is 6.59. The Balaban J connectivity index is 0.000000343. The molecule has 0 unspecified atom stereocenters. The van der Waals surface area contributed by atoms with Crippen molar-refractivity contribution in [3.8, 4) is 27.9 Å². The number of aryl methyl sites for hydroxylation is 3. The van der Waals surface area contributed by atoms with Crippen LogP contribution in [0.5, 0.6) is 0 Å². The lowest BCUT2D eigenvalue weighted by molar-refractivity contribution is 0.667. The lowest BCUT2D eigenvalue weighted by Gasteiger charge is -2.12. The number of fused-ring (bicyclic) bond motifs is 6. The van der Waals surface area contributed by atoms with Gasteiger partial charge in [0.1, 0.15) is 11.2 Å². The van der Waals surface area contributed by atoms with Crippen LogP contribution >= 0.6 is 0 Å². The summed E-state index contributed by atoms with van der Waals surface area (Å²) in [6, 6.07) is 63.9. The van der Waals surface area contributed by atoms with Gasteiger partial charge in [0.25, 0.3) is 0 Å². The van der Waals surface area contributed by atoms with Gasteiger partial charge in [-0.3, -0.25) is 0 Å². The first-order valence-corrected chi connectivity index (χ1v) is 23.7. The van der Waals surface area contributed by atoms with Crippen LogP contribution in [0.1, 0.15) is 55.0 Å². The summed E-state index contributed by atoms with van der Waals surface area (Å²) >= 11 is 0. The third kappa shape index (κ3) is 10.6. The van der Waals surface area contributed by atoms with Crippen molar-refractivity contribution in [2.45, 2.75) is 48.0 Å². The number of hydrogen-bond donors (Lipinski definition) is 0. The lowest BCUT2D eigenvalue weighted by Crippen LogP contribution is -1.97. The highest BCUT2D eigenvalue weighted by Gasteiger charge is 2.18. The highest BCUT2D eigenvalue weighted by atomic mass is 16.3. The Morgan fingerprint density at radius 1 is 0.565 bits per heavy atom. The molecule has 0 aliphatic heterocycles. The summed E-state index contributed by atoms with van der Waals surface area (Å²) in [6.45, 7) is 16.4. The maximum Gasteiger partial charge on any atom is 0.159 e. The molecule has 0 spiro atoms. The van der Waals surface area contributed by atoms with Crippen LogP contribution in [0.15, 0.2) is 239 Å². The van der Waals surface area contributed by atoms with Crippen molar-refractivity contribution >= 4 is 62.0 Å². The number of aliphatic imine (C=N–C) groups is 2. The molecule has 0 bridgehead atoms. The summed E-state index contributed by atoms with van der Waals surface area (Å²) in [7, 11) is 0. The fourth-order valence-corrected chi connectivity index (χ4v) is 8.69. The van der Waals surface area contributed by atoms with Crippen LogP contribution in [-0.4, -0.2) is 17.1 Å². The fraction of sp³-hybridized carbons (Fsp3) is 0.108. The number of benzene rings is 8. The highest BCUT2D eigenvalue weighted by molar-refractivity contribution is 6.13. The van der Waals surface area contributed by atoms with Crippen LogP contribution < -0.4 is 0 Å². The van der Waals surface area contributed by atoms with Gasteiger partial charge in [-0.25, -0.2) is 9.98 Å². The molecule has 10 aromatic rings. The van der Waals surface area contributed by atoms with Gasteiger partial charge in [0.05, 0.1) is 16.7 Å². The Bertz CT molecular complexity index is 3540. The Labute approximate surface area is 407 Å². The van der Waals surface area contributed by atoms with E-state index in [1.807, 2.05) is 92.8 Å². The van der Waals surface area contributed by atoms with E-state index in [1.165, 1.54) is 49.7 Å². The van der Waals surface area contributed by atoms with Gasteiger partial charge in [0.15, 0.2) is 5.84 Å². The minimum atomic E-state index is 0.567. The molecule has 0 amide bonds. The number of allylic oxidation sites excluding steroid dienone is 7. The summed E-state index contributed by atoms with van der Waals surface area (Å²) in [5.41, 5.74) is 16.4. The number of aromatic nitrogens is 1. The van der Waals surface area contributed by atoms with Crippen LogP contribution in [0.3, 0.4) is 0 Å². The zero-order valence-corrected chi connectivity index (χ0v) is 40.5. The second kappa shape index (κ2) is 22.4.